The Morgan fingerprint density at radius 1 is 0.897 bits per heavy atom. The van der Waals surface area contributed by atoms with Gasteiger partial charge in [-0.05, 0) is 48.7 Å². The molecule has 0 aliphatic carbocycles. The SMILES string of the molecule is CCNC(=O)[C@@H](Cc1ccccc1)N(Cc1ccc(Cl)c(Cl)c1)C(=O)CCCN(c1ccccc1)S(C)(=O)=O. The van der Waals surface area contributed by atoms with E-state index in [4.69, 9.17) is 23.2 Å². The third kappa shape index (κ3) is 8.98. The van der Waals surface area contributed by atoms with Gasteiger partial charge in [0, 0.05) is 32.5 Å². The highest BCUT2D eigenvalue weighted by molar-refractivity contribution is 7.92. The highest BCUT2D eigenvalue weighted by Crippen LogP contribution is 2.25. The van der Waals surface area contributed by atoms with Gasteiger partial charge in [-0.25, -0.2) is 8.42 Å². The number of likely N-dealkylation sites (N-methyl/N-ethyl adjacent to an activating group) is 1. The topological polar surface area (TPSA) is 86.8 Å². The second-order valence-electron chi connectivity index (χ2n) is 9.14. The number of hydrogen-bond donors (Lipinski definition) is 1. The number of halogens is 2. The van der Waals surface area contributed by atoms with Gasteiger partial charge in [0.05, 0.1) is 22.0 Å². The number of amides is 2. The summed E-state index contributed by atoms with van der Waals surface area (Å²) >= 11 is 12.3. The van der Waals surface area contributed by atoms with Crippen LogP contribution in [0, 0.1) is 0 Å². The molecule has 3 aromatic carbocycles. The van der Waals surface area contributed by atoms with Gasteiger partial charge in [0.25, 0.3) is 0 Å². The molecule has 0 aliphatic rings. The number of para-hydroxylation sites is 1. The molecule has 2 amide bonds. The Kier molecular flexibility index (Phi) is 11.2. The van der Waals surface area contributed by atoms with Crippen LogP contribution in [0.3, 0.4) is 0 Å². The number of anilines is 1. The van der Waals surface area contributed by atoms with Crippen LogP contribution in [0.4, 0.5) is 5.69 Å². The summed E-state index contributed by atoms with van der Waals surface area (Å²) < 4.78 is 26.2. The van der Waals surface area contributed by atoms with Gasteiger partial charge >= 0.3 is 0 Å². The molecule has 7 nitrogen and oxygen atoms in total. The predicted molar refractivity (Wildman–Crippen MR) is 157 cm³/mol. The fourth-order valence-electron chi connectivity index (χ4n) is 4.28. The molecule has 0 saturated carbocycles. The molecule has 39 heavy (non-hydrogen) atoms. The lowest BCUT2D eigenvalue weighted by molar-refractivity contribution is -0.141. The molecule has 0 bridgehead atoms. The standard InChI is InChI=1S/C29H33Cl2N3O4S/c1-3-32-29(36)27(20-22-11-6-4-7-12-22)33(21-23-16-17-25(30)26(31)19-23)28(35)15-10-18-34(39(2,37)38)24-13-8-5-9-14-24/h4-9,11-14,16-17,19,27H,3,10,15,18,20-21H2,1-2H3,(H,32,36)/t27-/m1/s1. The van der Waals surface area contributed by atoms with Gasteiger partial charge in [0.2, 0.25) is 21.8 Å². The molecular weight excluding hydrogens is 557 g/mol. The van der Waals surface area contributed by atoms with Gasteiger partial charge < -0.3 is 10.2 Å². The van der Waals surface area contributed by atoms with Crippen LogP contribution in [0.15, 0.2) is 78.9 Å². The van der Waals surface area contributed by atoms with Gasteiger partial charge in [0.1, 0.15) is 6.04 Å². The maximum atomic E-state index is 13.7. The molecule has 0 aromatic heterocycles. The summed E-state index contributed by atoms with van der Waals surface area (Å²) in [5.41, 5.74) is 2.17. The molecule has 0 fully saturated rings. The van der Waals surface area contributed by atoms with Crippen molar-refractivity contribution in [2.75, 3.05) is 23.7 Å². The van der Waals surface area contributed by atoms with Crippen LogP contribution in [-0.4, -0.2) is 50.5 Å². The lowest BCUT2D eigenvalue weighted by atomic mass is 10.0. The lowest BCUT2D eigenvalue weighted by Gasteiger charge is -2.32. The number of carbonyl (C=O) groups is 2. The van der Waals surface area contributed by atoms with Crippen LogP contribution < -0.4 is 9.62 Å². The van der Waals surface area contributed by atoms with Crippen molar-refractivity contribution in [3.05, 3.63) is 100 Å². The molecule has 1 atom stereocenters. The molecule has 0 spiro atoms. The summed E-state index contributed by atoms with van der Waals surface area (Å²) in [4.78, 5) is 28.5. The van der Waals surface area contributed by atoms with Gasteiger partial charge in [-0.15, -0.1) is 0 Å². The lowest BCUT2D eigenvalue weighted by Crippen LogP contribution is -2.50. The van der Waals surface area contributed by atoms with E-state index >= 15 is 0 Å². The number of nitrogens with one attached hydrogen (secondary N) is 1. The van der Waals surface area contributed by atoms with E-state index in [1.54, 1.807) is 47.4 Å². The van der Waals surface area contributed by atoms with Crippen molar-refractivity contribution in [3.8, 4) is 0 Å². The van der Waals surface area contributed by atoms with Crippen molar-refractivity contribution in [2.24, 2.45) is 0 Å². The Labute approximate surface area is 240 Å². The summed E-state index contributed by atoms with van der Waals surface area (Å²) in [6, 6.07) is 22.6. The van der Waals surface area contributed by atoms with Crippen LogP contribution in [0.5, 0.6) is 0 Å². The summed E-state index contributed by atoms with van der Waals surface area (Å²) in [6.07, 6.45) is 1.78. The second kappa shape index (κ2) is 14.4. The van der Waals surface area contributed by atoms with E-state index in [0.717, 1.165) is 17.4 Å². The number of carbonyl (C=O) groups excluding carboxylic acids is 2. The Hall–Kier alpha value is -3.07. The van der Waals surface area contributed by atoms with Gasteiger partial charge in [-0.2, -0.15) is 0 Å². The first-order valence-corrected chi connectivity index (χ1v) is 15.3. The third-order valence-electron chi connectivity index (χ3n) is 6.16. The van der Waals surface area contributed by atoms with Crippen LogP contribution >= 0.6 is 23.2 Å². The molecule has 0 radical (unpaired) electrons. The highest BCUT2D eigenvalue weighted by Gasteiger charge is 2.30. The third-order valence-corrected chi connectivity index (χ3v) is 8.09. The largest absolute Gasteiger partial charge is 0.355 e. The molecule has 0 unspecified atom stereocenters. The van der Waals surface area contributed by atoms with Crippen LogP contribution in [-0.2, 0) is 32.6 Å². The molecule has 3 rings (SSSR count). The minimum Gasteiger partial charge on any atom is -0.355 e. The average Bonchev–Trinajstić information content (AvgIpc) is 2.91. The van der Waals surface area contributed by atoms with E-state index in [0.29, 0.717) is 28.7 Å². The van der Waals surface area contributed by atoms with E-state index in [1.807, 2.05) is 43.3 Å². The van der Waals surface area contributed by atoms with Crippen molar-refractivity contribution < 1.29 is 18.0 Å². The number of benzene rings is 3. The minimum absolute atomic E-state index is 0.0465. The zero-order chi connectivity index (χ0) is 28.4. The highest BCUT2D eigenvalue weighted by atomic mass is 35.5. The van der Waals surface area contributed by atoms with Crippen molar-refractivity contribution in [1.29, 1.82) is 0 Å². The molecule has 208 valence electrons. The summed E-state index contributed by atoms with van der Waals surface area (Å²) in [5.74, 6) is -0.536. The van der Waals surface area contributed by atoms with Crippen molar-refractivity contribution in [3.63, 3.8) is 0 Å². The normalized spacial score (nSPS) is 12.0. The van der Waals surface area contributed by atoms with Crippen molar-refractivity contribution in [2.45, 2.75) is 38.8 Å². The first-order chi connectivity index (χ1) is 18.6. The fraction of sp³-hybridized carbons (Fsp3) is 0.310. The maximum absolute atomic E-state index is 13.7. The second-order valence-corrected chi connectivity index (χ2v) is 11.9. The number of sulfonamides is 1. The Morgan fingerprint density at radius 2 is 1.54 bits per heavy atom. The summed E-state index contributed by atoms with van der Waals surface area (Å²) in [5, 5.41) is 3.60. The van der Waals surface area contributed by atoms with Gasteiger partial charge in [-0.1, -0.05) is 77.8 Å². The predicted octanol–water partition coefficient (Wildman–Crippen LogP) is 5.32. The molecule has 0 heterocycles. The van der Waals surface area contributed by atoms with Gasteiger partial charge in [-0.3, -0.25) is 13.9 Å². The average molecular weight is 591 g/mol. The van der Waals surface area contributed by atoms with E-state index in [9.17, 15) is 18.0 Å². The van der Waals surface area contributed by atoms with E-state index < -0.39 is 16.1 Å². The molecule has 10 heteroatoms. The van der Waals surface area contributed by atoms with Crippen LogP contribution in [0.1, 0.15) is 30.9 Å². The Bertz CT molecular complexity index is 1360. The Balaban J connectivity index is 1.87. The molecule has 3 aromatic rings. The monoisotopic (exact) mass is 589 g/mol. The molecular formula is C29H33Cl2N3O4S. The van der Waals surface area contributed by atoms with Crippen molar-refractivity contribution >= 4 is 50.7 Å². The molecule has 1 N–H and O–H groups in total. The first-order valence-electron chi connectivity index (χ1n) is 12.7. The Morgan fingerprint density at radius 3 is 2.13 bits per heavy atom. The zero-order valence-corrected chi connectivity index (χ0v) is 24.3. The minimum atomic E-state index is -3.55. The zero-order valence-electron chi connectivity index (χ0n) is 22.0. The van der Waals surface area contributed by atoms with Gasteiger partial charge in [0.15, 0.2) is 0 Å². The van der Waals surface area contributed by atoms with E-state index in [-0.39, 0.29) is 37.7 Å². The van der Waals surface area contributed by atoms with Crippen molar-refractivity contribution in [1.82, 2.24) is 10.2 Å². The smallest absolute Gasteiger partial charge is 0.243 e. The number of nitrogens with zero attached hydrogens (tertiary/aromatic N) is 2. The number of hydrogen-bond acceptors (Lipinski definition) is 4. The summed E-state index contributed by atoms with van der Waals surface area (Å²) in [6.45, 7) is 2.50. The molecule has 0 aliphatic heterocycles. The quantitative estimate of drug-likeness (QED) is 0.292. The summed E-state index contributed by atoms with van der Waals surface area (Å²) in [7, 11) is -3.55. The molecule has 0 saturated heterocycles. The maximum Gasteiger partial charge on any atom is 0.243 e. The number of rotatable bonds is 13. The fourth-order valence-corrected chi connectivity index (χ4v) is 5.56. The van der Waals surface area contributed by atoms with E-state index in [1.165, 1.54) is 4.31 Å². The van der Waals surface area contributed by atoms with E-state index in [2.05, 4.69) is 5.32 Å². The van der Waals surface area contributed by atoms with Crippen LogP contribution in [0.25, 0.3) is 0 Å². The van der Waals surface area contributed by atoms with Crippen LogP contribution in [0.2, 0.25) is 10.0 Å². The first kappa shape index (κ1) is 30.5.